The van der Waals surface area contributed by atoms with E-state index in [1.165, 1.54) is 0 Å². The summed E-state index contributed by atoms with van der Waals surface area (Å²) in [5.41, 5.74) is 2.04. The molecule has 100 valence electrons. The lowest BCUT2D eigenvalue weighted by atomic mass is 10.1. The smallest absolute Gasteiger partial charge is 0.303 e. The second-order valence-electron chi connectivity index (χ2n) is 4.30. The molecule has 0 spiro atoms. The SMILES string of the molecule is CCOCC(C)Nc1cccc(CCC(=O)O)c1. The van der Waals surface area contributed by atoms with E-state index >= 15 is 0 Å². The lowest BCUT2D eigenvalue weighted by molar-refractivity contribution is -0.136. The maximum absolute atomic E-state index is 10.5. The Hall–Kier alpha value is -1.55. The number of carbonyl (C=O) groups is 1. The van der Waals surface area contributed by atoms with Crippen molar-refractivity contribution in [3.05, 3.63) is 29.8 Å². The number of nitrogens with one attached hydrogen (secondary N) is 1. The fraction of sp³-hybridized carbons (Fsp3) is 0.500. The summed E-state index contributed by atoms with van der Waals surface area (Å²) in [6.07, 6.45) is 0.725. The average molecular weight is 251 g/mol. The van der Waals surface area contributed by atoms with E-state index in [1.54, 1.807) is 0 Å². The van der Waals surface area contributed by atoms with E-state index in [9.17, 15) is 4.79 Å². The predicted octanol–water partition coefficient (Wildman–Crippen LogP) is 2.54. The molecule has 0 aromatic heterocycles. The molecule has 0 amide bonds. The van der Waals surface area contributed by atoms with Crippen LogP contribution in [0, 0.1) is 0 Å². The highest BCUT2D eigenvalue weighted by molar-refractivity contribution is 5.67. The highest BCUT2D eigenvalue weighted by Gasteiger charge is 2.03. The molecule has 0 bridgehead atoms. The van der Waals surface area contributed by atoms with Crippen molar-refractivity contribution >= 4 is 11.7 Å². The van der Waals surface area contributed by atoms with Gasteiger partial charge in [0.2, 0.25) is 0 Å². The number of anilines is 1. The van der Waals surface area contributed by atoms with Gasteiger partial charge < -0.3 is 15.2 Å². The highest BCUT2D eigenvalue weighted by Crippen LogP contribution is 2.13. The van der Waals surface area contributed by atoms with Crippen LogP contribution in [-0.4, -0.2) is 30.3 Å². The fourth-order valence-corrected chi connectivity index (χ4v) is 1.69. The zero-order valence-electron chi connectivity index (χ0n) is 11.0. The van der Waals surface area contributed by atoms with Crippen LogP contribution < -0.4 is 5.32 Å². The molecule has 0 saturated heterocycles. The standard InChI is InChI=1S/C14H21NO3/c1-3-18-10-11(2)15-13-6-4-5-12(9-13)7-8-14(16)17/h4-6,9,11,15H,3,7-8,10H2,1-2H3,(H,16,17). The van der Waals surface area contributed by atoms with E-state index in [0.29, 0.717) is 19.6 Å². The largest absolute Gasteiger partial charge is 0.481 e. The van der Waals surface area contributed by atoms with Gasteiger partial charge in [-0.05, 0) is 38.0 Å². The molecule has 0 aliphatic heterocycles. The fourth-order valence-electron chi connectivity index (χ4n) is 1.69. The Morgan fingerprint density at radius 3 is 2.94 bits per heavy atom. The van der Waals surface area contributed by atoms with Crippen molar-refractivity contribution in [1.82, 2.24) is 0 Å². The first-order chi connectivity index (χ1) is 8.61. The van der Waals surface area contributed by atoms with Crippen LogP contribution in [0.2, 0.25) is 0 Å². The second kappa shape index (κ2) is 7.71. The van der Waals surface area contributed by atoms with Crippen molar-refractivity contribution in [2.75, 3.05) is 18.5 Å². The van der Waals surface area contributed by atoms with Crippen LogP contribution in [0.3, 0.4) is 0 Å². The van der Waals surface area contributed by atoms with Crippen molar-refractivity contribution in [1.29, 1.82) is 0 Å². The Kier molecular flexibility index (Phi) is 6.22. The maximum atomic E-state index is 10.5. The summed E-state index contributed by atoms with van der Waals surface area (Å²) in [6.45, 7) is 5.40. The minimum atomic E-state index is -0.766. The molecule has 4 heteroatoms. The third-order valence-electron chi connectivity index (χ3n) is 2.54. The van der Waals surface area contributed by atoms with Gasteiger partial charge in [-0.25, -0.2) is 0 Å². The van der Waals surface area contributed by atoms with E-state index in [1.807, 2.05) is 31.2 Å². The third-order valence-corrected chi connectivity index (χ3v) is 2.54. The number of carboxylic acid groups (broad SMARTS) is 1. The molecular weight excluding hydrogens is 230 g/mol. The van der Waals surface area contributed by atoms with Crippen LogP contribution in [0.1, 0.15) is 25.8 Å². The lowest BCUT2D eigenvalue weighted by Crippen LogP contribution is -2.21. The Balaban J connectivity index is 2.50. The first kappa shape index (κ1) is 14.5. The molecule has 0 aliphatic carbocycles. The molecule has 1 unspecified atom stereocenters. The highest BCUT2D eigenvalue weighted by atomic mass is 16.5. The summed E-state index contributed by atoms with van der Waals surface area (Å²) < 4.78 is 5.34. The van der Waals surface area contributed by atoms with Gasteiger partial charge in [0.25, 0.3) is 0 Å². The molecule has 18 heavy (non-hydrogen) atoms. The van der Waals surface area contributed by atoms with E-state index in [0.717, 1.165) is 11.3 Å². The molecule has 0 heterocycles. The first-order valence-electron chi connectivity index (χ1n) is 6.26. The van der Waals surface area contributed by atoms with Gasteiger partial charge in [0.1, 0.15) is 0 Å². The minimum absolute atomic E-state index is 0.165. The van der Waals surface area contributed by atoms with Gasteiger partial charge in [0, 0.05) is 24.8 Å². The Morgan fingerprint density at radius 1 is 1.50 bits per heavy atom. The van der Waals surface area contributed by atoms with Gasteiger partial charge in [-0.15, -0.1) is 0 Å². The summed E-state index contributed by atoms with van der Waals surface area (Å²) >= 11 is 0. The van der Waals surface area contributed by atoms with E-state index in [4.69, 9.17) is 9.84 Å². The summed E-state index contributed by atoms with van der Waals surface area (Å²) in [5, 5.41) is 12.0. The summed E-state index contributed by atoms with van der Waals surface area (Å²) in [4.78, 5) is 10.5. The van der Waals surface area contributed by atoms with Gasteiger partial charge in [-0.2, -0.15) is 0 Å². The molecule has 1 rings (SSSR count). The number of aliphatic carboxylic acids is 1. The molecule has 2 N–H and O–H groups in total. The number of rotatable bonds is 8. The number of carboxylic acids is 1. The zero-order valence-corrected chi connectivity index (χ0v) is 11.0. The second-order valence-corrected chi connectivity index (χ2v) is 4.30. The summed E-state index contributed by atoms with van der Waals surface area (Å²) in [6, 6.07) is 8.09. The van der Waals surface area contributed by atoms with Gasteiger partial charge in [-0.3, -0.25) is 4.79 Å². The van der Waals surface area contributed by atoms with Crippen LogP contribution in [-0.2, 0) is 16.0 Å². The lowest BCUT2D eigenvalue weighted by Gasteiger charge is -2.15. The Morgan fingerprint density at radius 2 is 2.28 bits per heavy atom. The summed E-state index contributed by atoms with van der Waals surface area (Å²) in [5.74, 6) is -0.766. The molecular formula is C14H21NO3. The van der Waals surface area contributed by atoms with Crippen molar-refractivity contribution in [2.45, 2.75) is 32.7 Å². The van der Waals surface area contributed by atoms with Gasteiger partial charge in [0.15, 0.2) is 0 Å². The normalized spacial score (nSPS) is 12.1. The first-order valence-corrected chi connectivity index (χ1v) is 6.26. The number of hydrogen-bond donors (Lipinski definition) is 2. The molecule has 4 nitrogen and oxygen atoms in total. The van der Waals surface area contributed by atoms with Crippen LogP contribution in [0.4, 0.5) is 5.69 Å². The number of aryl methyl sites for hydroxylation is 1. The molecule has 0 aliphatic rings. The van der Waals surface area contributed by atoms with Crippen molar-refractivity contribution in [2.24, 2.45) is 0 Å². The summed E-state index contributed by atoms with van der Waals surface area (Å²) in [7, 11) is 0. The van der Waals surface area contributed by atoms with Gasteiger partial charge in [0.05, 0.1) is 6.61 Å². The molecule has 1 aromatic carbocycles. The molecule has 0 fully saturated rings. The van der Waals surface area contributed by atoms with Crippen molar-refractivity contribution in [3.8, 4) is 0 Å². The van der Waals surface area contributed by atoms with Crippen molar-refractivity contribution in [3.63, 3.8) is 0 Å². The van der Waals surface area contributed by atoms with E-state index < -0.39 is 5.97 Å². The number of hydrogen-bond acceptors (Lipinski definition) is 3. The zero-order chi connectivity index (χ0) is 13.4. The van der Waals surface area contributed by atoms with Gasteiger partial charge in [-0.1, -0.05) is 12.1 Å². The number of benzene rings is 1. The van der Waals surface area contributed by atoms with Crippen molar-refractivity contribution < 1.29 is 14.6 Å². The maximum Gasteiger partial charge on any atom is 0.303 e. The van der Waals surface area contributed by atoms with E-state index in [2.05, 4.69) is 12.2 Å². The monoisotopic (exact) mass is 251 g/mol. The quantitative estimate of drug-likeness (QED) is 0.745. The third kappa shape index (κ3) is 5.68. The molecule has 0 radical (unpaired) electrons. The topological polar surface area (TPSA) is 58.6 Å². The molecule has 1 aromatic rings. The predicted molar refractivity (Wildman–Crippen MR) is 72.0 cm³/mol. The Labute approximate surface area is 108 Å². The van der Waals surface area contributed by atoms with E-state index in [-0.39, 0.29) is 12.5 Å². The van der Waals surface area contributed by atoms with Crippen LogP contribution >= 0.6 is 0 Å². The van der Waals surface area contributed by atoms with Crippen LogP contribution in [0.5, 0.6) is 0 Å². The average Bonchev–Trinajstić information content (AvgIpc) is 2.34. The molecule has 1 atom stereocenters. The van der Waals surface area contributed by atoms with Gasteiger partial charge >= 0.3 is 5.97 Å². The molecule has 0 saturated carbocycles. The van der Waals surface area contributed by atoms with Crippen LogP contribution in [0.25, 0.3) is 0 Å². The number of ether oxygens (including phenoxy) is 1. The Bertz CT molecular complexity index is 379. The van der Waals surface area contributed by atoms with Crippen LogP contribution in [0.15, 0.2) is 24.3 Å². The minimum Gasteiger partial charge on any atom is -0.481 e.